The van der Waals surface area contributed by atoms with Crippen LogP contribution in [0.5, 0.6) is 0 Å². The highest BCUT2D eigenvalue weighted by Crippen LogP contribution is 2.48. The summed E-state index contributed by atoms with van der Waals surface area (Å²) in [6, 6.07) is 13.4. The first-order valence-electron chi connectivity index (χ1n) is 10.1. The minimum atomic E-state index is -0.497. The molecule has 1 fully saturated rings. The van der Waals surface area contributed by atoms with Crippen LogP contribution < -0.4 is 5.32 Å². The molecule has 0 aliphatic heterocycles. The molecule has 4 rings (SSSR count). The average molecular weight is 458 g/mol. The van der Waals surface area contributed by atoms with Gasteiger partial charge >= 0.3 is 5.97 Å². The van der Waals surface area contributed by atoms with E-state index in [2.05, 4.69) is 5.32 Å². The highest BCUT2D eigenvalue weighted by atomic mass is 35.5. The Hall–Kier alpha value is -2.70. The van der Waals surface area contributed by atoms with Gasteiger partial charge in [-0.1, -0.05) is 42.8 Å². The molecular formula is C24H21ClFNO3S. The zero-order chi connectivity index (χ0) is 22.0. The Bertz CT molecular complexity index is 1100. The van der Waals surface area contributed by atoms with Gasteiger partial charge in [0, 0.05) is 21.9 Å². The highest BCUT2D eigenvalue weighted by molar-refractivity contribution is 7.15. The summed E-state index contributed by atoms with van der Waals surface area (Å²) in [5.74, 6) is -0.995. The van der Waals surface area contributed by atoms with E-state index in [0.717, 1.165) is 12.0 Å². The van der Waals surface area contributed by atoms with Crippen LogP contribution in [0.1, 0.15) is 41.6 Å². The van der Waals surface area contributed by atoms with Crippen LogP contribution in [-0.4, -0.2) is 18.5 Å². The van der Waals surface area contributed by atoms with E-state index in [0.29, 0.717) is 33.1 Å². The lowest BCUT2D eigenvalue weighted by Crippen LogP contribution is -2.17. The van der Waals surface area contributed by atoms with Gasteiger partial charge in [0.15, 0.2) is 0 Å². The summed E-state index contributed by atoms with van der Waals surface area (Å²) < 4.78 is 18.7. The zero-order valence-electron chi connectivity index (χ0n) is 16.9. The minimum Gasteiger partial charge on any atom is -0.462 e. The SMILES string of the molecule is CCCOC(=O)c1c(-c2ccc(F)cc2)csc1NC(=O)[C@H]1C[C@H]1c1ccc(Cl)cc1. The first kappa shape index (κ1) is 21.5. The number of halogens is 2. The van der Waals surface area contributed by atoms with Crippen LogP contribution >= 0.6 is 22.9 Å². The number of carbonyl (C=O) groups is 2. The predicted octanol–water partition coefficient (Wildman–Crippen LogP) is 6.52. The maximum absolute atomic E-state index is 13.3. The van der Waals surface area contributed by atoms with Crippen molar-refractivity contribution in [3.8, 4) is 11.1 Å². The van der Waals surface area contributed by atoms with Gasteiger partial charge in [-0.3, -0.25) is 4.79 Å². The molecule has 160 valence electrons. The zero-order valence-corrected chi connectivity index (χ0v) is 18.4. The van der Waals surface area contributed by atoms with Crippen LogP contribution in [0.3, 0.4) is 0 Å². The van der Waals surface area contributed by atoms with E-state index < -0.39 is 5.97 Å². The van der Waals surface area contributed by atoms with Crippen molar-refractivity contribution in [2.45, 2.75) is 25.7 Å². The van der Waals surface area contributed by atoms with Crippen molar-refractivity contribution < 1.29 is 18.7 Å². The van der Waals surface area contributed by atoms with E-state index >= 15 is 0 Å². The number of rotatable bonds is 7. The second kappa shape index (κ2) is 9.20. The van der Waals surface area contributed by atoms with Crippen molar-refractivity contribution in [1.29, 1.82) is 0 Å². The molecule has 2 aromatic carbocycles. The molecule has 7 heteroatoms. The molecule has 2 atom stereocenters. The Morgan fingerprint density at radius 1 is 1.16 bits per heavy atom. The summed E-state index contributed by atoms with van der Waals surface area (Å²) >= 11 is 7.21. The van der Waals surface area contributed by atoms with Crippen LogP contribution in [0.4, 0.5) is 9.39 Å². The van der Waals surface area contributed by atoms with Gasteiger partial charge in [0.05, 0.1) is 6.61 Å². The van der Waals surface area contributed by atoms with Gasteiger partial charge < -0.3 is 10.1 Å². The molecule has 1 aliphatic rings. The number of thiophene rings is 1. The molecule has 31 heavy (non-hydrogen) atoms. The monoisotopic (exact) mass is 457 g/mol. The number of hydrogen-bond donors (Lipinski definition) is 1. The fourth-order valence-electron chi connectivity index (χ4n) is 3.53. The van der Waals surface area contributed by atoms with E-state index in [1.54, 1.807) is 17.5 Å². The van der Waals surface area contributed by atoms with E-state index in [1.165, 1.54) is 23.5 Å². The number of nitrogens with one attached hydrogen (secondary N) is 1. The maximum atomic E-state index is 13.3. The fourth-order valence-corrected chi connectivity index (χ4v) is 4.62. The molecule has 0 saturated heterocycles. The molecule has 0 spiro atoms. The molecule has 0 unspecified atom stereocenters. The third kappa shape index (κ3) is 4.81. The summed E-state index contributed by atoms with van der Waals surface area (Å²) in [5.41, 5.74) is 2.69. The number of amides is 1. The first-order chi connectivity index (χ1) is 15.0. The van der Waals surface area contributed by atoms with E-state index in [-0.39, 0.29) is 30.2 Å². The summed E-state index contributed by atoms with van der Waals surface area (Å²) in [5, 5.41) is 5.82. The van der Waals surface area contributed by atoms with Crippen molar-refractivity contribution in [3.63, 3.8) is 0 Å². The Morgan fingerprint density at radius 2 is 1.87 bits per heavy atom. The van der Waals surface area contributed by atoms with E-state index in [9.17, 15) is 14.0 Å². The first-order valence-corrected chi connectivity index (χ1v) is 11.3. The maximum Gasteiger partial charge on any atom is 0.341 e. The largest absolute Gasteiger partial charge is 0.462 e. The van der Waals surface area contributed by atoms with Crippen LogP contribution in [0.2, 0.25) is 5.02 Å². The lowest BCUT2D eigenvalue weighted by Gasteiger charge is -2.09. The lowest BCUT2D eigenvalue weighted by molar-refractivity contribution is -0.117. The summed E-state index contributed by atoms with van der Waals surface area (Å²) in [7, 11) is 0. The molecule has 1 aromatic heterocycles. The summed E-state index contributed by atoms with van der Waals surface area (Å²) in [6.45, 7) is 2.20. The van der Waals surface area contributed by atoms with Gasteiger partial charge in [-0.05, 0) is 54.2 Å². The molecule has 0 radical (unpaired) electrons. The Labute approximate surface area is 189 Å². The molecular weight excluding hydrogens is 437 g/mol. The summed E-state index contributed by atoms with van der Waals surface area (Å²) in [4.78, 5) is 25.7. The Morgan fingerprint density at radius 3 is 2.55 bits per heavy atom. The molecule has 0 bridgehead atoms. The van der Waals surface area contributed by atoms with Crippen LogP contribution in [0.25, 0.3) is 11.1 Å². The molecule has 1 N–H and O–H groups in total. The van der Waals surface area contributed by atoms with Gasteiger partial charge in [0.2, 0.25) is 5.91 Å². The van der Waals surface area contributed by atoms with Gasteiger partial charge in [-0.25, -0.2) is 9.18 Å². The number of ether oxygens (including phenoxy) is 1. The predicted molar refractivity (Wildman–Crippen MR) is 121 cm³/mol. The van der Waals surface area contributed by atoms with Crippen molar-refractivity contribution in [1.82, 2.24) is 0 Å². The molecule has 4 nitrogen and oxygen atoms in total. The smallest absolute Gasteiger partial charge is 0.341 e. The second-order valence-electron chi connectivity index (χ2n) is 7.49. The van der Waals surface area contributed by atoms with Gasteiger partial charge in [0.1, 0.15) is 16.4 Å². The third-order valence-corrected chi connectivity index (χ3v) is 6.40. The third-order valence-electron chi connectivity index (χ3n) is 5.25. The second-order valence-corrected chi connectivity index (χ2v) is 8.80. The quantitative estimate of drug-likeness (QED) is 0.411. The Balaban J connectivity index is 1.56. The fraction of sp³-hybridized carbons (Fsp3) is 0.250. The number of esters is 1. The van der Waals surface area contributed by atoms with Gasteiger partial charge in [0.25, 0.3) is 0 Å². The molecule has 1 saturated carbocycles. The minimum absolute atomic E-state index is 0.128. The van der Waals surface area contributed by atoms with E-state index in [4.69, 9.17) is 16.3 Å². The van der Waals surface area contributed by atoms with Crippen LogP contribution in [0.15, 0.2) is 53.9 Å². The highest BCUT2D eigenvalue weighted by Gasteiger charge is 2.44. The Kier molecular flexibility index (Phi) is 6.39. The van der Waals surface area contributed by atoms with Gasteiger partial charge in [-0.2, -0.15) is 0 Å². The molecule has 1 aliphatic carbocycles. The average Bonchev–Trinajstić information content (AvgIpc) is 3.47. The van der Waals surface area contributed by atoms with Gasteiger partial charge in [-0.15, -0.1) is 11.3 Å². The lowest BCUT2D eigenvalue weighted by atomic mass is 10.0. The number of anilines is 1. The molecule has 1 heterocycles. The number of benzene rings is 2. The summed E-state index contributed by atoms with van der Waals surface area (Å²) in [6.07, 6.45) is 1.44. The topological polar surface area (TPSA) is 55.4 Å². The molecule has 1 amide bonds. The van der Waals surface area contributed by atoms with Crippen molar-refractivity contribution >= 4 is 39.8 Å². The van der Waals surface area contributed by atoms with E-state index in [1.807, 2.05) is 31.2 Å². The van der Waals surface area contributed by atoms with Crippen molar-refractivity contribution in [2.75, 3.05) is 11.9 Å². The normalized spacial score (nSPS) is 17.3. The van der Waals surface area contributed by atoms with Crippen LogP contribution in [-0.2, 0) is 9.53 Å². The number of carbonyl (C=O) groups excluding carboxylic acids is 2. The standard InChI is InChI=1S/C24H21ClFNO3S/c1-2-11-30-24(29)21-20(15-5-9-17(26)10-6-15)13-31-23(21)27-22(28)19-12-18(19)14-3-7-16(25)8-4-14/h3-10,13,18-19H,2,11-12H2,1H3,(H,27,28)/t18-,19-/m0/s1. The number of hydrogen-bond acceptors (Lipinski definition) is 4. The van der Waals surface area contributed by atoms with Crippen molar-refractivity contribution in [3.05, 3.63) is 75.9 Å². The van der Waals surface area contributed by atoms with Crippen molar-refractivity contribution in [2.24, 2.45) is 5.92 Å². The molecule has 3 aromatic rings. The van der Waals surface area contributed by atoms with Crippen LogP contribution in [0, 0.1) is 11.7 Å².